The normalized spacial score (nSPS) is 16.1. The summed E-state index contributed by atoms with van der Waals surface area (Å²) in [5, 5.41) is 14.4. The highest BCUT2D eigenvalue weighted by molar-refractivity contribution is 5.75. The van der Waals surface area contributed by atoms with E-state index < -0.39 is 11.8 Å². The van der Waals surface area contributed by atoms with Crippen molar-refractivity contribution in [2.24, 2.45) is 10.2 Å². The lowest BCUT2D eigenvalue weighted by Gasteiger charge is -2.15. The molecule has 0 spiro atoms. The number of halogens is 3. The maximum Gasteiger partial charge on any atom is 0.442 e. The van der Waals surface area contributed by atoms with Crippen molar-refractivity contribution >= 4 is 11.0 Å². The van der Waals surface area contributed by atoms with Crippen LogP contribution in [0.3, 0.4) is 0 Å². The van der Waals surface area contributed by atoms with Crippen LogP contribution in [0.4, 0.5) is 13.2 Å². The van der Waals surface area contributed by atoms with Crippen LogP contribution < -0.4 is 0 Å². The molecule has 0 saturated heterocycles. The fourth-order valence-corrected chi connectivity index (χ4v) is 2.34. The Balaban J connectivity index is 1.74. The number of hydrogen-bond acceptors (Lipinski definition) is 4. The van der Waals surface area contributed by atoms with E-state index in [9.17, 15) is 13.2 Å². The minimum absolute atomic E-state index is 0.00632. The molecule has 2 heterocycles. The van der Waals surface area contributed by atoms with E-state index in [0.717, 1.165) is 5.52 Å². The van der Waals surface area contributed by atoms with E-state index in [-0.39, 0.29) is 5.56 Å². The third kappa shape index (κ3) is 1.73. The molecule has 0 unspecified atom stereocenters. The van der Waals surface area contributed by atoms with Gasteiger partial charge in [-0.25, -0.2) is 4.68 Å². The highest BCUT2D eigenvalue weighted by Crippen LogP contribution is 2.52. The molecule has 110 valence electrons. The van der Waals surface area contributed by atoms with Gasteiger partial charge in [0.2, 0.25) is 0 Å². The fraction of sp³-hybridized carbons (Fsp3) is 0.143. The van der Waals surface area contributed by atoms with Gasteiger partial charge in [-0.2, -0.15) is 13.2 Å². The maximum atomic E-state index is 12.9. The molecule has 0 bridgehead atoms. The molecule has 0 atom stereocenters. The number of alkyl halides is 3. The Bertz CT molecular complexity index is 873. The van der Waals surface area contributed by atoms with Crippen molar-refractivity contribution < 1.29 is 13.2 Å². The van der Waals surface area contributed by atoms with Gasteiger partial charge in [0, 0.05) is 5.56 Å². The minimum Gasteiger partial charge on any atom is -0.213 e. The van der Waals surface area contributed by atoms with E-state index in [2.05, 4.69) is 20.5 Å². The average Bonchev–Trinajstić information content (AvgIpc) is 3.22. The summed E-state index contributed by atoms with van der Waals surface area (Å²) >= 11 is 0. The smallest absolute Gasteiger partial charge is 0.213 e. The number of para-hydroxylation sites is 1. The molecule has 1 aromatic heterocycles. The minimum atomic E-state index is -4.52. The summed E-state index contributed by atoms with van der Waals surface area (Å²) in [6.45, 7) is 0. The van der Waals surface area contributed by atoms with E-state index >= 15 is 0 Å². The average molecular weight is 303 g/mol. The monoisotopic (exact) mass is 303 g/mol. The van der Waals surface area contributed by atoms with E-state index in [0.29, 0.717) is 11.2 Å². The van der Waals surface area contributed by atoms with Crippen LogP contribution in [0, 0.1) is 0 Å². The first-order valence-corrected chi connectivity index (χ1v) is 6.43. The van der Waals surface area contributed by atoms with Crippen LogP contribution in [0.15, 0.2) is 58.8 Å². The molecular formula is C14H8F3N5. The maximum absolute atomic E-state index is 12.9. The summed E-state index contributed by atoms with van der Waals surface area (Å²) in [6.07, 6.45) is -4.52. The van der Waals surface area contributed by atoms with Crippen LogP contribution in [0.5, 0.6) is 0 Å². The molecule has 2 aromatic carbocycles. The zero-order valence-corrected chi connectivity index (χ0v) is 11.0. The second kappa shape index (κ2) is 4.12. The highest BCUT2D eigenvalue weighted by atomic mass is 19.4. The molecule has 0 fully saturated rings. The van der Waals surface area contributed by atoms with Gasteiger partial charge in [-0.05, 0) is 24.3 Å². The summed E-state index contributed by atoms with van der Waals surface area (Å²) in [4.78, 5) is 0. The molecular weight excluding hydrogens is 295 g/mol. The third-order valence-corrected chi connectivity index (χ3v) is 3.56. The first-order valence-electron chi connectivity index (χ1n) is 6.43. The lowest BCUT2D eigenvalue weighted by Crippen LogP contribution is -2.30. The van der Waals surface area contributed by atoms with Crippen molar-refractivity contribution in [3.05, 3.63) is 54.1 Å². The Kier molecular flexibility index (Phi) is 2.42. The number of benzene rings is 2. The van der Waals surface area contributed by atoms with Gasteiger partial charge in [0.25, 0.3) is 0 Å². The molecule has 0 N–H and O–H groups in total. The van der Waals surface area contributed by atoms with Crippen LogP contribution in [0.25, 0.3) is 16.7 Å². The van der Waals surface area contributed by atoms with Gasteiger partial charge in [0.15, 0.2) is 0 Å². The molecule has 22 heavy (non-hydrogen) atoms. The number of aromatic nitrogens is 3. The lowest BCUT2D eigenvalue weighted by molar-refractivity contribution is -0.166. The zero-order valence-electron chi connectivity index (χ0n) is 11.0. The van der Waals surface area contributed by atoms with Crippen LogP contribution >= 0.6 is 0 Å². The molecule has 0 aliphatic carbocycles. The largest absolute Gasteiger partial charge is 0.442 e. The van der Waals surface area contributed by atoms with Crippen LogP contribution in [0.1, 0.15) is 5.56 Å². The molecule has 3 aromatic rings. The molecule has 4 rings (SSSR count). The Morgan fingerprint density at radius 3 is 2.23 bits per heavy atom. The van der Waals surface area contributed by atoms with Gasteiger partial charge < -0.3 is 0 Å². The first-order chi connectivity index (χ1) is 10.5. The quantitative estimate of drug-likeness (QED) is 0.726. The van der Waals surface area contributed by atoms with Crippen molar-refractivity contribution in [1.29, 1.82) is 0 Å². The standard InChI is InChI=1S/C14H8F3N5/c15-14(16,17)13(19-20-13)9-5-7-10(8-6-9)22-12-4-2-1-3-11(12)18-21-22/h1-8H. The van der Waals surface area contributed by atoms with Crippen LogP contribution in [-0.2, 0) is 5.66 Å². The number of nitrogens with zero attached hydrogens (tertiary/aromatic N) is 5. The highest BCUT2D eigenvalue weighted by Gasteiger charge is 2.65. The Morgan fingerprint density at radius 1 is 0.909 bits per heavy atom. The van der Waals surface area contributed by atoms with E-state index in [1.165, 1.54) is 12.1 Å². The van der Waals surface area contributed by atoms with Gasteiger partial charge >= 0.3 is 11.8 Å². The van der Waals surface area contributed by atoms with Gasteiger partial charge in [0.05, 0.1) is 11.2 Å². The Labute approximate surface area is 122 Å². The van der Waals surface area contributed by atoms with Crippen LogP contribution in [-0.4, -0.2) is 21.2 Å². The second-order valence-electron chi connectivity index (χ2n) is 4.91. The van der Waals surface area contributed by atoms with Gasteiger partial charge in [-0.15, -0.1) is 15.3 Å². The Hall–Kier alpha value is -2.77. The van der Waals surface area contributed by atoms with Crippen molar-refractivity contribution in [3.63, 3.8) is 0 Å². The molecule has 0 amide bonds. The first kappa shape index (κ1) is 12.9. The predicted octanol–water partition coefficient (Wildman–Crippen LogP) is 3.60. The number of rotatable bonds is 2. The topological polar surface area (TPSA) is 55.4 Å². The second-order valence-corrected chi connectivity index (χ2v) is 4.91. The van der Waals surface area contributed by atoms with E-state index in [4.69, 9.17) is 0 Å². The van der Waals surface area contributed by atoms with Gasteiger partial charge in [0.1, 0.15) is 5.52 Å². The molecule has 1 aliphatic rings. The summed E-state index contributed by atoms with van der Waals surface area (Å²) in [5.41, 5.74) is -0.286. The molecule has 5 nitrogen and oxygen atoms in total. The van der Waals surface area contributed by atoms with E-state index in [1.54, 1.807) is 16.8 Å². The van der Waals surface area contributed by atoms with Crippen molar-refractivity contribution in [2.45, 2.75) is 11.8 Å². The summed E-state index contributed by atoms with van der Waals surface area (Å²) in [6, 6.07) is 13.2. The molecule has 0 saturated carbocycles. The van der Waals surface area contributed by atoms with E-state index in [1.807, 2.05) is 24.3 Å². The predicted molar refractivity (Wildman–Crippen MR) is 71.5 cm³/mol. The number of hydrogen-bond donors (Lipinski definition) is 0. The SMILES string of the molecule is FC(F)(F)C1(c2ccc(-n3nnc4ccccc43)cc2)N=N1. The molecule has 8 heteroatoms. The number of fused-ring (bicyclic) bond motifs is 1. The Morgan fingerprint density at radius 2 is 1.59 bits per heavy atom. The van der Waals surface area contributed by atoms with Gasteiger partial charge in [-0.1, -0.05) is 29.5 Å². The summed E-state index contributed by atoms with van der Waals surface area (Å²) in [7, 11) is 0. The van der Waals surface area contributed by atoms with Crippen LogP contribution in [0.2, 0.25) is 0 Å². The summed E-state index contributed by atoms with van der Waals surface area (Å²) < 4.78 is 40.4. The van der Waals surface area contributed by atoms with Crippen molar-refractivity contribution in [1.82, 2.24) is 15.0 Å². The third-order valence-electron chi connectivity index (χ3n) is 3.56. The lowest BCUT2D eigenvalue weighted by atomic mass is 10.0. The zero-order chi connectivity index (χ0) is 15.4. The van der Waals surface area contributed by atoms with Crippen molar-refractivity contribution in [3.8, 4) is 5.69 Å². The molecule has 0 radical (unpaired) electrons. The van der Waals surface area contributed by atoms with Gasteiger partial charge in [-0.3, -0.25) is 0 Å². The fourth-order valence-electron chi connectivity index (χ4n) is 2.34. The summed E-state index contributed by atoms with van der Waals surface area (Å²) in [5.74, 6) is 0. The molecule has 1 aliphatic heterocycles. The van der Waals surface area contributed by atoms with Crippen molar-refractivity contribution in [2.75, 3.05) is 0 Å².